The van der Waals surface area contributed by atoms with E-state index in [0.717, 1.165) is 11.2 Å². The zero-order chi connectivity index (χ0) is 15.8. The van der Waals surface area contributed by atoms with Crippen LogP contribution in [0.3, 0.4) is 0 Å². The van der Waals surface area contributed by atoms with Crippen LogP contribution in [0.2, 0.25) is 0 Å². The number of nitrogens with zero attached hydrogens (tertiary/aromatic N) is 1. The molecule has 0 radical (unpaired) electrons. The molecule has 4 aromatic rings. The molecule has 4 rings (SSSR count). The van der Waals surface area contributed by atoms with Gasteiger partial charge in [-0.15, -0.1) is 0 Å². The molecule has 0 aliphatic rings. The Kier molecular flexibility index (Phi) is 3.01. The average Bonchev–Trinajstić information content (AvgIpc) is 3.22. The molecule has 0 amide bonds. The number of hydrogen-bond donors (Lipinski definition) is 2. The summed E-state index contributed by atoms with van der Waals surface area (Å²) in [6.45, 7) is 0. The van der Waals surface area contributed by atoms with Crippen molar-refractivity contribution in [3.63, 3.8) is 0 Å². The number of benzene rings is 2. The van der Waals surface area contributed by atoms with Crippen molar-refractivity contribution in [2.45, 2.75) is 0 Å². The van der Waals surface area contributed by atoms with Crippen LogP contribution in [0.25, 0.3) is 16.6 Å². The van der Waals surface area contributed by atoms with Crippen molar-refractivity contribution < 1.29 is 9.90 Å². The third-order valence-electron chi connectivity index (χ3n) is 3.92. The van der Waals surface area contributed by atoms with Gasteiger partial charge >= 0.3 is 0 Å². The molecule has 112 valence electrons. The number of hydrogen-bond acceptors (Lipinski definition) is 2. The second kappa shape index (κ2) is 5.18. The van der Waals surface area contributed by atoms with Crippen LogP contribution >= 0.6 is 0 Å². The molecule has 0 saturated heterocycles. The largest absolute Gasteiger partial charge is 0.505 e. The second-order valence-corrected chi connectivity index (χ2v) is 5.30. The normalized spacial score (nSPS) is 11.0. The first-order valence-corrected chi connectivity index (χ1v) is 7.33. The van der Waals surface area contributed by atoms with E-state index in [4.69, 9.17) is 0 Å². The van der Waals surface area contributed by atoms with Crippen LogP contribution in [-0.4, -0.2) is 20.4 Å². The first kappa shape index (κ1) is 13.4. The van der Waals surface area contributed by atoms with Crippen molar-refractivity contribution in [3.8, 4) is 11.4 Å². The number of aromatic nitrogens is 2. The van der Waals surface area contributed by atoms with Crippen LogP contribution in [-0.2, 0) is 0 Å². The molecule has 0 atom stereocenters. The van der Waals surface area contributed by atoms with Gasteiger partial charge in [0.1, 0.15) is 5.69 Å². The van der Waals surface area contributed by atoms with Crippen LogP contribution in [0.5, 0.6) is 5.75 Å². The number of aromatic hydroxyl groups is 1. The number of para-hydroxylation sites is 2. The fourth-order valence-corrected chi connectivity index (χ4v) is 2.88. The van der Waals surface area contributed by atoms with Crippen LogP contribution in [0, 0.1) is 0 Å². The number of carbonyl (C=O) groups is 1. The standard InChI is InChI=1S/C19H14N2O2/c22-18-14-9-4-5-11-16(14)21(13-7-2-1-3-8-13)17(18)19(23)15-10-6-12-20-15/h1-12,20,22H. The average molecular weight is 302 g/mol. The van der Waals surface area contributed by atoms with Gasteiger partial charge in [-0.25, -0.2) is 0 Å². The van der Waals surface area contributed by atoms with Crippen LogP contribution in [0.15, 0.2) is 72.9 Å². The van der Waals surface area contributed by atoms with Gasteiger partial charge in [-0.2, -0.15) is 0 Å². The summed E-state index contributed by atoms with van der Waals surface area (Å²) in [5.74, 6) is -0.239. The Bertz CT molecular complexity index is 983. The van der Waals surface area contributed by atoms with Gasteiger partial charge in [-0.05, 0) is 36.4 Å². The highest BCUT2D eigenvalue weighted by atomic mass is 16.3. The maximum absolute atomic E-state index is 12.9. The van der Waals surface area contributed by atoms with Gasteiger partial charge in [0.15, 0.2) is 5.75 Å². The van der Waals surface area contributed by atoms with Gasteiger partial charge in [0.2, 0.25) is 5.78 Å². The first-order chi connectivity index (χ1) is 11.3. The summed E-state index contributed by atoms with van der Waals surface area (Å²) >= 11 is 0. The van der Waals surface area contributed by atoms with Crippen molar-refractivity contribution in [2.24, 2.45) is 0 Å². The Morgan fingerprint density at radius 2 is 1.65 bits per heavy atom. The van der Waals surface area contributed by atoms with E-state index in [2.05, 4.69) is 4.98 Å². The highest BCUT2D eigenvalue weighted by Crippen LogP contribution is 2.35. The van der Waals surface area contributed by atoms with Crippen LogP contribution in [0.4, 0.5) is 0 Å². The maximum atomic E-state index is 12.9. The number of rotatable bonds is 3. The van der Waals surface area contributed by atoms with Gasteiger partial charge in [0.25, 0.3) is 0 Å². The van der Waals surface area contributed by atoms with Gasteiger partial charge in [-0.3, -0.25) is 4.79 Å². The van der Waals surface area contributed by atoms with E-state index in [1.807, 2.05) is 54.6 Å². The van der Waals surface area contributed by atoms with E-state index in [9.17, 15) is 9.90 Å². The lowest BCUT2D eigenvalue weighted by Gasteiger charge is -2.09. The van der Waals surface area contributed by atoms with Crippen molar-refractivity contribution in [1.29, 1.82) is 0 Å². The molecule has 4 heteroatoms. The summed E-state index contributed by atoms with van der Waals surface area (Å²) in [5, 5.41) is 11.3. The molecule has 0 aliphatic carbocycles. The monoisotopic (exact) mass is 302 g/mol. The maximum Gasteiger partial charge on any atom is 0.229 e. The summed E-state index contributed by atoms with van der Waals surface area (Å²) < 4.78 is 1.80. The van der Waals surface area contributed by atoms with Crippen molar-refractivity contribution >= 4 is 16.7 Å². The summed E-state index contributed by atoms with van der Waals surface area (Å²) in [4.78, 5) is 15.8. The van der Waals surface area contributed by atoms with Crippen LogP contribution in [0.1, 0.15) is 16.2 Å². The molecule has 0 fully saturated rings. The Labute approximate surface area is 132 Å². The molecule has 2 aromatic carbocycles. The Morgan fingerprint density at radius 3 is 2.39 bits per heavy atom. The molecule has 2 aromatic heterocycles. The van der Waals surface area contributed by atoms with E-state index in [1.165, 1.54) is 0 Å². The lowest BCUT2D eigenvalue weighted by atomic mass is 10.2. The van der Waals surface area contributed by atoms with E-state index in [0.29, 0.717) is 11.1 Å². The van der Waals surface area contributed by atoms with Gasteiger partial charge in [-0.1, -0.05) is 30.3 Å². The van der Waals surface area contributed by atoms with E-state index < -0.39 is 0 Å². The van der Waals surface area contributed by atoms with E-state index >= 15 is 0 Å². The molecule has 0 saturated carbocycles. The second-order valence-electron chi connectivity index (χ2n) is 5.30. The van der Waals surface area contributed by atoms with Crippen molar-refractivity contribution in [2.75, 3.05) is 0 Å². The zero-order valence-electron chi connectivity index (χ0n) is 12.2. The highest BCUT2D eigenvalue weighted by Gasteiger charge is 2.24. The first-order valence-electron chi connectivity index (χ1n) is 7.33. The predicted molar refractivity (Wildman–Crippen MR) is 89.2 cm³/mol. The Morgan fingerprint density at radius 1 is 0.913 bits per heavy atom. The lowest BCUT2D eigenvalue weighted by Crippen LogP contribution is -2.09. The molecule has 23 heavy (non-hydrogen) atoms. The minimum absolute atomic E-state index is 0.00375. The quantitative estimate of drug-likeness (QED) is 0.564. The summed E-state index contributed by atoms with van der Waals surface area (Å²) in [5.41, 5.74) is 2.34. The molecule has 0 bridgehead atoms. The Hall–Kier alpha value is -3.27. The van der Waals surface area contributed by atoms with Gasteiger partial charge in [0.05, 0.1) is 11.2 Å². The Balaban J connectivity index is 2.07. The SMILES string of the molecule is O=C(c1ccc[nH]1)c1c(O)c2ccccc2n1-c1ccccc1. The van der Waals surface area contributed by atoms with Gasteiger partial charge < -0.3 is 14.7 Å². The topological polar surface area (TPSA) is 58.0 Å². The predicted octanol–water partition coefficient (Wildman–Crippen LogP) is 3.90. The molecule has 2 heterocycles. The van der Waals surface area contributed by atoms with Crippen molar-refractivity contribution in [1.82, 2.24) is 9.55 Å². The smallest absolute Gasteiger partial charge is 0.229 e. The number of ketones is 1. The third-order valence-corrected chi connectivity index (χ3v) is 3.92. The van der Waals surface area contributed by atoms with Crippen LogP contribution < -0.4 is 0 Å². The fraction of sp³-hybridized carbons (Fsp3) is 0. The fourth-order valence-electron chi connectivity index (χ4n) is 2.88. The number of fused-ring (bicyclic) bond motifs is 1. The number of aromatic amines is 1. The van der Waals surface area contributed by atoms with E-state index in [1.54, 1.807) is 22.9 Å². The number of nitrogens with one attached hydrogen (secondary N) is 1. The van der Waals surface area contributed by atoms with Gasteiger partial charge in [0, 0.05) is 17.3 Å². The summed E-state index contributed by atoms with van der Waals surface area (Å²) in [6.07, 6.45) is 1.69. The number of carbonyl (C=O) groups excluding carboxylic acids is 1. The summed E-state index contributed by atoms with van der Waals surface area (Å²) in [7, 11) is 0. The summed E-state index contributed by atoms with van der Waals surface area (Å²) in [6, 6.07) is 20.5. The molecule has 2 N–H and O–H groups in total. The molecule has 4 nitrogen and oxygen atoms in total. The third kappa shape index (κ3) is 2.04. The van der Waals surface area contributed by atoms with Crippen molar-refractivity contribution in [3.05, 3.63) is 84.3 Å². The zero-order valence-corrected chi connectivity index (χ0v) is 12.2. The molecule has 0 spiro atoms. The molecule has 0 unspecified atom stereocenters. The molecule has 0 aliphatic heterocycles. The lowest BCUT2D eigenvalue weighted by molar-refractivity contribution is 0.102. The molecular weight excluding hydrogens is 288 g/mol. The molecular formula is C19H14N2O2. The highest BCUT2D eigenvalue weighted by molar-refractivity contribution is 6.13. The number of H-pyrrole nitrogens is 1. The minimum atomic E-state index is -0.243. The van der Waals surface area contributed by atoms with E-state index in [-0.39, 0.29) is 17.2 Å². The minimum Gasteiger partial charge on any atom is -0.505 e.